The van der Waals surface area contributed by atoms with Crippen LogP contribution in [0.2, 0.25) is 0 Å². The van der Waals surface area contributed by atoms with E-state index in [0.29, 0.717) is 19.4 Å². The van der Waals surface area contributed by atoms with Crippen LogP contribution in [0.25, 0.3) is 11.1 Å². The number of methoxy groups -OCH3 is 1. The third-order valence-electron chi connectivity index (χ3n) is 5.07. The van der Waals surface area contributed by atoms with E-state index in [4.69, 9.17) is 20.9 Å². The first-order chi connectivity index (χ1) is 14.5. The molecule has 0 bridgehead atoms. The fraction of sp³-hybridized carbons (Fsp3) is 0.318. The number of carbonyl (C=O) groups excluding carboxylic acids is 2. The fourth-order valence-electron chi connectivity index (χ4n) is 3.68. The number of carbonyl (C=O) groups is 2. The molecule has 2 aromatic carbocycles. The van der Waals surface area contributed by atoms with Crippen molar-refractivity contribution in [2.24, 2.45) is 16.5 Å². The third kappa shape index (κ3) is 4.89. The Balaban J connectivity index is 1.61. The van der Waals surface area contributed by atoms with Crippen molar-refractivity contribution in [1.82, 2.24) is 5.32 Å². The molecular formula is C22H26N4O4. The summed E-state index contributed by atoms with van der Waals surface area (Å²) in [5.41, 5.74) is 15.1. The predicted octanol–water partition coefficient (Wildman–Crippen LogP) is 2.12. The van der Waals surface area contributed by atoms with E-state index in [1.54, 1.807) is 0 Å². The number of guanidine groups is 1. The molecule has 0 spiro atoms. The van der Waals surface area contributed by atoms with E-state index in [1.807, 2.05) is 36.4 Å². The molecule has 0 heterocycles. The summed E-state index contributed by atoms with van der Waals surface area (Å²) >= 11 is 0. The van der Waals surface area contributed by atoms with Crippen molar-refractivity contribution in [2.75, 3.05) is 20.3 Å². The second kappa shape index (κ2) is 9.78. The Morgan fingerprint density at radius 1 is 1.07 bits per heavy atom. The largest absolute Gasteiger partial charge is 0.467 e. The zero-order chi connectivity index (χ0) is 21.5. The lowest BCUT2D eigenvalue weighted by molar-refractivity contribution is -0.143. The van der Waals surface area contributed by atoms with Gasteiger partial charge in [0.2, 0.25) is 0 Å². The highest BCUT2D eigenvalue weighted by Gasteiger charge is 2.29. The van der Waals surface area contributed by atoms with E-state index in [-0.39, 0.29) is 18.5 Å². The van der Waals surface area contributed by atoms with Gasteiger partial charge in [0.1, 0.15) is 12.6 Å². The van der Waals surface area contributed by atoms with Gasteiger partial charge in [-0.3, -0.25) is 4.99 Å². The number of amides is 1. The van der Waals surface area contributed by atoms with Gasteiger partial charge in [0.05, 0.1) is 7.11 Å². The summed E-state index contributed by atoms with van der Waals surface area (Å²) in [5, 5.41) is 2.58. The molecular weight excluding hydrogens is 384 g/mol. The van der Waals surface area contributed by atoms with Crippen LogP contribution in [0.4, 0.5) is 4.79 Å². The molecule has 5 N–H and O–H groups in total. The van der Waals surface area contributed by atoms with Gasteiger partial charge in [0, 0.05) is 12.5 Å². The van der Waals surface area contributed by atoms with E-state index in [2.05, 4.69) is 22.4 Å². The molecule has 1 amide bonds. The zero-order valence-electron chi connectivity index (χ0n) is 16.8. The average molecular weight is 410 g/mol. The molecule has 0 aromatic heterocycles. The van der Waals surface area contributed by atoms with Gasteiger partial charge in [-0.25, -0.2) is 9.59 Å². The second-order valence-corrected chi connectivity index (χ2v) is 6.99. The molecule has 2 aromatic rings. The van der Waals surface area contributed by atoms with Gasteiger partial charge in [0.15, 0.2) is 5.96 Å². The molecule has 1 atom stereocenters. The monoisotopic (exact) mass is 410 g/mol. The van der Waals surface area contributed by atoms with E-state index in [1.165, 1.54) is 7.11 Å². The molecule has 0 radical (unpaired) electrons. The lowest BCUT2D eigenvalue weighted by Gasteiger charge is -2.18. The lowest BCUT2D eigenvalue weighted by Crippen LogP contribution is -2.42. The normalized spacial score (nSPS) is 13.0. The molecule has 1 aliphatic carbocycles. The van der Waals surface area contributed by atoms with Crippen LogP contribution in [0.1, 0.15) is 29.9 Å². The van der Waals surface area contributed by atoms with Crippen LogP contribution in [0.3, 0.4) is 0 Å². The average Bonchev–Trinajstić information content (AvgIpc) is 3.07. The number of hydrogen-bond acceptors (Lipinski definition) is 5. The quantitative estimate of drug-likeness (QED) is 0.265. The highest BCUT2D eigenvalue weighted by atomic mass is 16.6. The number of nitrogens with one attached hydrogen (secondary N) is 1. The number of rotatable bonds is 8. The molecule has 0 unspecified atom stereocenters. The molecule has 3 rings (SSSR count). The molecule has 0 saturated heterocycles. The van der Waals surface area contributed by atoms with Crippen molar-refractivity contribution >= 4 is 18.0 Å². The van der Waals surface area contributed by atoms with E-state index < -0.39 is 18.1 Å². The van der Waals surface area contributed by atoms with Crippen molar-refractivity contribution in [3.05, 3.63) is 59.7 Å². The number of nitrogens with two attached hydrogens (primary N) is 2. The van der Waals surface area contributed by atoms with Gasteiger partial charge in [-0.05, 0) is 35.1 Å². The van der Waals surface area contributed by atoms with Crippen LogP contribution in [0.5, 0.6) is 0 Å². The van der Waals surface area contributed by atoms with Gasteiger partial charge in [-0.2, -0.15) is 0 Å². The Morgan fingerprint density at radius 3 is 2.23 bits per heavy atom. The number of hydrogen-bond donors (Lipinski definition) is 3. The number of alkyl carbamates (subject to hydrolysis) is 1. The minimum absolute atomic E-state index is 0.0193. The molecule has 0 saturated carbocycles. The number of nitrogens with zero attached hydrogens (tertiary/aromatic N) is 1. The highest BCUT2D eigenvalue weighted by Crippen LogP contribution is 2.44. The van der Waals surface area contributed by atoms with Gasteiger partial charge < -0.3 is 26.3 Å². The lowest BCUT2D eigenvalue weighted by atomic mass is 9.98. The zero-order valence-corrected chi connectivity index (χ0v) is 16.8. The maximum absolute atomic E-state index is 12.4. The van der Waals surface area contributed by atoms with Crippen LogP contribution in [0, 0.1) is 0 Å². The smallest absolute Gasteiger partial charge is 0.407 e. The topological polar surface area (TPSA) is 129 Å². The van der Waals surface area contributed by atoms with Crippen LogP contribution in [-0.4, -0.2) is 44.3 Å². The number of fused-ring (bicyclic) bond motifs is 3. The Kier molecular flexibility index (Phi) is 6.90. The number of esters is 1. The first-order valence-electron chi connectivity index (χ1n) is 9.76. The van der Waals surface area contributed by atoms with Gasteiger partial charge in [-0.15, -0.1) is 0 Å². The molecule has 0 fully saturated rings. The first-order valence-corrected chi connectivity index (χ1v) is 9.76. The second-order valence-electron chi connectivity index (χ2n) is 6.99. The van der Waals surface area contributed by atoms with Crippen molar-refractivity contribution in [1.29, 1.82) is 0 Å². The summed E-state index contributed by atoms with van der Waals surface area (Å²) in [4.78, 5) is 28.2. The highest BCUT2D eigenvalue weighted by molar-refractivity contribution is 5.82. The summed E-state index contributed by atoms with van der Waals surface area (Å²) in [7, 11) is 1.27. The summed E-state index contributed by atoms with van der Waals surface area (Å²) in [6, 6.07) is 15.3. The molecule has 8 heteroatoms. The maximum Gasteiger partial charge on any atom is 0.407 e. The Morgan fingerprint density at radius 2 is 1.67 bits per heavy atom. The van der Waals surface area contributed by atoms with Crippen molar-refractivity contribution in [3.8, 4) is 11.1 Å². The Hall–Kier alpha value is -3.55. The molecule has 1 aliphatic rings. The number of benzene rings is 2. The van der Waals surface area contributed by atoms with Gasteiger partial charge >= 0.3 is 12.1 Å². The number of aliphatic imine (C=N–C) groups is 1. The van der Waals surface area contributed by atoms with Crippen molar-refractivity contribution < 1.29 is 19.1 Å². The van der Waals surface area contributed by atoms with E-state index in [0.717, 1.165) is 22.3 Å². The van der Waals surface area contributed by atoms with E-state index >= 15 is 0 Å². The standard InChI is InChI=1S/C22H26N4O4/c1-29-20(27)19(11-6-12-25-21(23)24)26-22(28)30-13-18-16-9-4-2-7-14(16)15-8-3-5-10-17(15)18/h2-5,7-10,18-19H,6,11-13H2,1H3,(H,26,28)(H4,23,24,25)/t19-/m0/s1. The maximum atomic E-state index is 12.4. The Bertz CT molecular complexity index is 895. The summed E-state index contributed by atoms with van der Waals surface area (Å²) < 4.78 is 10.3. The van der Waals surface area contributed by atoms with Crippen LogP contribution in [-0.2, 0) is 14.3 Å². The minimum atomic E-state index is -0.833. The van der Waals surface area contributed by atoms with Gasteiger partial charge in [-0.1, -0.05) is 48.5 Å². The minimum Gasteiger partial charge on any atom is -0.467 e. The fourth-order valence-corrected chi connectivity index (χ4v) is 3.68. The third-order valence-corrected chi connectivity index (χ3v) is 5.07. The molecule has 30 heavy (non-hydrogen) atoms. The van der Waals surface area contributed by atoms with Crippen LogP contribution in [0.15, 0.2) is 53.5 Å². The first kappa shape index (κ1) is 21.2. The van der Waals surface area contributed by atoms with E-state index in [9.17, 15) is 9.59 Å². The summed E-state index contributed by atoms with van der Waals surface area (Å²) in [6.45, 7) is 0.518. The van der Waals surface area contributed by atoms with Crippen molar-refractivity contribution in [2.45, 2.75) is 24.8 Å². The SMILES string of the molecule is COC(=O)[C@H](CCCN=C(N)N)NC(=O)OCC1c2ccccc2-c2ccccc21. The van der Waals surface area contributed by atoms with Crippen molar-refractivity contribution in [3.63, 3.8) is 0 Å². The number of ether oxygens (including phenoxy) is 2. The molecule has 158 valence electrons. The van der Waals surface area contributed by atoms with Gasteiger partial charge in [0.25, 0.3) is 0 Å². The predicted molar refractivity (Wildman–Crippen MR) is 114 cm³/mol. The van der Waals surface area contributed by atoms with Crippen LogP contribution >= 0.6 is 0 Å². The molecule has 0 aliphatic heterocycles. The van der Waals surface area contributed by atoms with Crippen LogP contribution < -0.4 is 16.8 Å². The molecule has 8 nitrogen and oxygen atoms in total. The summed E-state index contributed by atoms with van der Waals surface area (Å²) in [6.07, 6.45) is 0.156. The summed E-state index contributed by atoms with van der Waals surface area (Å²) in [5.74, 6) is -0.621. The Labute approximate surface area is 175 Å².